The minimum absolute atomic E-state index is 0.0586. The SMILES string of the molecule is CCCCC(=O)N(C[C@H]1CCCO1)[C@@H]1C=C(C(=O)NCCO)[C@@H]2c3ccccc3O[C@@H]2[C@H]1O. The van der Waals surface area contributed by atoms with Crippen LogP contribution in [0.5, 0.6) is 5.75 Å². The van der Waals surface area contributed by atoms with Crippen LogP contribution in [0.3, 0.4) is 0 Å². The molecule has 5 atom stereocenters. The zero-order valence-electron chi connectivity index (χ0n) is 19.1. The minimum atomic E-state index is -0.997. The molecule has 8 nitrogen and oxygen atoms in total. The van der Waals surface area contributed by atoms with E-state index >= 15 is 0 Å². The molecular formula is C25H34N2O6. The predicted octanol–water partition coefficient (Wildman–Crippen LogP) is 1.51. The lowest BCUT2D eigenvalue weighted by Crippen LogP contribution is -2.57. The number of carbonyl (C=O) groups excluding carboxylic acids is 2. The van der Waals surface area contributed by atoms with Crippen LogP contribution in [-0.2, 0) is 14.3 Å². The summed E-state index contributed by atoms with van der Waals surface area (Å²) in [5.74, 6) is -0.191. The second kappa shape index (κ2) is 10.7. The maximum absolute atomic E-state index is 13.2. The number of hydrogen-bond acceptors (Lipinski definition) is 6. The van der Waals surface area contributed by atoms with E-state index < -0.39 is 24.2 Å². The Labute approximate surface area is 194 Å². The number of nitrogens with zero attached hydrogens (tertiary/aromatic N) is 1. The second-order valence-corrected chi connectivity index (χ2v) is 8.97. The Morgan fingerprint density at radius 1 is 1.27 bits per heavy atom. The third kappa shape index (κ3) is 4.93. The Bertz CT molecular complexity index is 881. The lowest BCUT2D eigenvalue weighted by molar-refractivity contribution is -0.139. The van der Waals surface area contributed by atoms with E-state index in [4.69, 9.17) is 9.47 Å². The van der Waals surface area contributed by atoms with E-state index in [0.717, 1.165) is 31.2 Å². The summed E-state index contributed by atoms with van der Waals surface area (Å²) in [5.41, 5.74) is 1.29. The number of carbonyl (C=O) groups is 2. The highest BCUT2D eigenvalue weighted by atomic mass is 16.5. The van der Waals surface area contributed by atoms with Gasteiger partial charge in [0.15, 0.2) is 0 Å². The molecule has 1 aromatic carbocycles. The van der Waals surface area contributed by atoms with Crippen LogP contribution in [-0.4, -0.2) is 77.6 Å². The molecule has 0 unspecified atom stereocenters. The van der Waals surface area contributed by atoms with E-state index in [-0.39, 0.29) is 31.1 Å². The third-order valence-corrected chi connectivity index (χ3v) is 6.73. The summed E-state index contributed by atoms with van der Waals surface area (Å²) in [6, 6.07) is 6.76. The summed E-state index contributed by atoms with van der Waals surface area (Å²) in [7, 11) is 0. The smallest absolute Gasteiger partial charge is 0.247 e. The number of para-hydroxylation sites is 1. The van der Waals surface area contributed by atoms with Crippen LogP contribution in [0.4, 0.5) is 0 Å². The molecule has 0 bridgehead atoms. The second-order valence-electron chi connectivity index (χ2n) is 8.97. The number of amides is 2. The van der Waals surface area contributed by atoms with Gasteiger partial charge >= 0.3 is 0 Å². The molecule has 1 aromatic rings. The summed E-state index contributed by atoms with van der Waals surface area (Å²) in [5, 5.41) is 23.4. The lowest BCUT2D eigenvalue weighted by Gasteiger charge is -2.41. The van der Waals surface area contributed by atoms with Crippen molar-refractivity contribution in [3.05, 3.63) is 41.5 Å². The van der Waals surface area contributed by atoms with Crippen LogP contribution < -0.4 is 10.1 Å². The van der Waals surface area contributed by atoms with Gasteiger partial charge in [-0.3, -0.25) is 9.59 Å². The number of nitrogens with one attached hydrogen (secondary N) is 1. The molecule has 2 amide bonds. The number of aliphatic hydroxyl groups is 2. The average molecular weight is 459 g/mol. The molecule has 1 saturated heterocycles. The molecule has 4 rings (SSSR count). The number of hydrogen-bond donors (Lipinski definition) is 3. The first-order valence-electron chi connectivity index (χ1n) is 12.0. The molecule has 3 aliphatic rings. The van der Waals surface area contributed by atoms with Crippen LogP contribution in [0.15, 0.2) is 35.9 Å². The van der Waals surface area contributed by atoms with Crippen molar-refractivity contribution in [2.24, 2.45) is 0 Å². The average Bonchev–Trinajstić information content (AvgIpc) is 3.48. The largest absolute Gasteiger partial charge is 0.486 e. The fourth-order valence-electron chi connectivity index (χ4n) is 5.06. The fourth-order valence-corrected chi connectivity index (χ4v) is 5.06. The number of fused-ring (bicyclic) bond motifs is 3. The quantitative estimate of drug-likeness (QED) is 0.518. The zero-order chi connectivity index (χ0) is 23.4. The van der Waals surface area contributed by atoms with E-state index in [1.807, 2.05) is 31.2 Å². The highest BCUT2D eigenvalue weighted by molar-refractivity contribution is 5.96. The first-order valence-corrected chi connectivity index (χ1v) is 12.0. The molecule has 3 N–H and O–H groups in total. The molecule has 1 aliphatic carbocycles. The van der Waals surface area contributed by atoms with Crippen LogP contribution >= 0.6 is 0 Å². The van der Waals surface area contributed by atoms with Gasteiger partial charge in [0.25, 0.3) is 0 Å². The Hall–Kier alpha value is -2.42. The Balaban J connectivity index is 1.70. The third-order valence-electron chi connectivity index (χ3n) is 6.73. The van der Waals surface area contributed by atoms with Crippen molar-refractivity contribution >= 4 is 11.8 Å². The van der Waals surface area contributed by atoms with Gasteiger partial charge in [-0.25, -0.2) is 0 Å². The first-order chi connectivity index (χ1) is 16.0. The van der Waals surface area contributed by atoms with Gasteiger partial charge in [0.1, 0.15) is 18.0 Å². The Morgan fingerprint density at radius 2 is 2.09 bits per heavy atom. The maximum Gasteiger partial charge on any atom is 0.247 e. The van der Waals surface area contributed by atoms with Crippen molar-refractivity contribution in [3.8, 4) is 5.75 Å². The molecule has 8 heteroatoms. The van der Waals surface area contributed by atoms with E-state index in [2.05, 4.69) is 5.32 Å². The van der Waals surface area contributed by atoms with Crippen molar-refractivity contribution in [2.75, 3.05) is 26.3 Å². The van der Waals surface area contributed by atoms with Crippen molar-refractivity contribution in [2.45, 2.75) is 69.3 Å². The highest BCUT2D eigenvalue weighted by Gasteiger charge is 2.50. The molecule has 0 radical (unpaired) electrons. The van der Waals surface area contributed by atoms with Gasteiger partial charge in [0.2, 0.25) is 11.8 Å². The first kappa shape index (κ1) is 23.7. The predicted molar refractivity (Wildman–Crippen MR) is 122 cm³/mol. The van der Waals surface area contributed by atoms with Crippen LogP contribution in [0.1, 0.15) is 50.5 Å². The lowest BCUT2D eigenvalue weighted by atomic mass is 9.77. The Morgan fingerprint density at radius 3 is 2.82 bits per heavy atom. The molecule has 33 heavy (non-hydrogen) atoms. The fraction of sp³-hybridized carbons (Fsp3) is 0.600. The van der Waals surface area contributed by atoms with Gasteiger partial charge in [-0.2, -0.15) is 0 Å². The van der Waals surface area contributed by atoms with Crippen LogP contribution in [0.2, 0.25) is 0 Å². The topological polar surface area (TPSA) is 108 Å². The standard InChI is InChI=1S/C25H34N2O6/c1-2-3-10-21(29)27(15-16-7-6-13-32-16)19-14-18(25(31)26-11-12-28)22-17-8-4-5-9-20(17)33-24(22)23(19)30/h4-5,8-9,14,16,19,22-24,28,30H,2-3,6-7,10-13,15H2,1H3,(H,26,31)/t16-,19-,22+,23+,24+/m1/s1. The molecule has 0 saturated carbocycles. The van der Waals surface area contributed by atoms with E-state index in [9.17, 15) is 19.8 Å². The van der Waals surface area contributed by atoms with E-state index in [0.29, 0.717) is 30.9 Å². The molecule has 2 aliphatic heterocycles. The maximum atomic E-state index is 13.2. The number of benzene rings is 1. The monoisotopic (exact) mass is 458 g/mol. The van der Waals surface area contributed by atoms with Gasteiger partial charge in [-0.15, -0.1) is 0 Å². The highest BCUT2D eigenvalue weighted by Crippen LogP contribution is 2.47. The number of ether oxygens (including phenoxy) is 2. The van der Waals surface area contributed by atoms with E-state index in [1.54, 1.807) is 11.0 Å². The molecule has 0 aromatic heterocycles. The summed E-state index contributed by atoms with van der Waals surface area (Å²) >= 11 is 0. The number of unbranched alkanes of at least 4 members (excludes halogenated alkanes) is 1. The Kier molecular flexibility index (Phi) is 7.67. The van der Waals surface area contributed by atoms with Gasteiger partial charge in [0.05, 0.1) is 24.7 Å². The van der Waals surface area contributed by atoms with Crippen molar-refractivity contribution in [1.82, 2.24) is 10.2 Å². The van der Waals surface area contributed by atoms with E-state index in [1.165, 1.54) is 0 Å². The van der Waals surface area contributed by atoms with Crippen LogP contribution in [0.25, 0.3) is 0 Å². The molecule has 2 heterocycles. The minimum Gasteiger partial charge on any atom is -0.486 e. The molecular weight excluding hydrogens is 424 g/mol. The van der Waals surface area contributed by atoms with Gasteiger partial charge in [0, 0.05) is 37.3 Å². The number of aliphatic hydroxyl groups excluding tert-OH is 2. The van der Waals surface area contributed by atoms with Crippen molar-refractivity contribution < 1.29 is 29.3 Å². The molecule has 180 valence electrons. The van der Waals surface area contributed by atoms with Crippen molar-refractivity contribution in [3.63, 3.8) is 0 Å². The summed E-state index contributed by atoms with van der Waals surface area (Å²) in [6.07, 6.45) is 3.80. The molecule has 1 fully saturated rings. The normalized spacial score (nSPS) is 27.8. The summed E-state index contributed by atoms with van der Waals surface area (Å²) in [4.78, 5) is 28.0. The van der Waals surface area contributed by atoms with Crippen molar-refractivity contribution in [1.29, 1.82) is 0 Å². The number of rotatable bonds is 9. The van der Waals surface area contributed by atoms with Gasteiger partial charge < -0.3 is 29.9 Å². The van der Waals surface area contributed by atoms with Gasteiger partial charge in [-0.1, -0.05) is 31.5 Å². The molecule has 0 spiro atoms. The zero-order valence-corrected chi connectivity index (χ0v) is 19.1. The summed E-state index contributed by atoms with van der Waals surface area (Å²) in [6.45, 7) is 3.02. The van der Waals surface area contributed by atoms with Crippen LogP contribution in [0, 0.1) is 0 Å². The van der Waals surface area contributed by atoms with Gasteiger partial charge in [-0.05, 0) is 31.4 Å². The summed E-state index contributed by atoms with van der Waals surface area (Å²) < 4.78 is 11.9.